The standard InChI is InChI=1S/C17H29N5O2S/c1-6-13-9-20-14(25-13)7-8-19-15(18-5)21-12-10-22(11-12)16(23)24-17(2,3)4/h9,12H,6-8,10-11H2,1-5H3,(H2,18,19,21). The summed E-state index contributed by atoms with van der Waals surface area (Å²) in [6.45, 7) is 9.79. The lowest BCUT2D eigenvalue weighted by Crippen LogP contribution is -2.63. The first-order valence-corrected chi connectivity index (χ1v) is 9.51. The normalized spacial score (nSPS) is 15.7. The molecular formula is C17H29N5O2S. The highest BCUT2D eigenvalue weighted by molar-refractivity contribution is 7.11. The fourth-order valence-electron chi connectivity index (χ4n) is 2.35. The van der Waals surface area contributed by atoms with Gasteiger partial charge in [0.25, 0.3) is 0 Å². The number of carbonyl (C=O) groups is 1. The first-order valence-electron chi connectivity index (χ1n) is 8.69. The summed E-state index contributed by atoms with van der Waals surface area (Å²) >= 11 is 1.76. The van der Waals surface area contributed by atoms with E-state index in [1.165, 1.54) is 4.88 Å². The molecule has 1 fully saturated rings. The Kier molecular flexibility index (Phi) is 6.64. The Morgan fingerprint density at radius 2 is 2.20 bits per heavy atom. The predicted octanol–water partition coefficient (Wildman–Crippen LogP) is 2.03. The van der Waals surface area contributed by atoms with Crippen LogP contribution in [-0.2, 0) is 17.6 Å². The number of carbonyl (C=O) groups excluding carboxylic acids is 1. The van der Waals surface area contributed by atoms with Gasteiger partial charge in [-0.2, -0.15) is 0 Å². The van der Waals surface area contributed by atoms with Crippen molar-refractivity contribution in [2.45, 2.75) is 52.2 Å². The minimum Gasteiger partial charge on any atom is -0.444 e. The minimum atomic E-state index is -0.458. The van der Waals surface area contributed by atoms with Gasteiger partial charge in [0.05, 0.1) is 11.0 Å². The fraction of sp³-hybridized carbons (Fsp3) is 0.706. The molecule has 25 heavy (non-hydrogen) atoms. The number of aromatic nitrogens is 1. The van der Waals surface area contributed by atoms with Gasteiger partial charge in [0, 0.05) is 44.2 Å². The molecule has 1 amide bonds. The molecule has 8 heteroatoms. The van der Waals surface area contributed by atoms with Crippen LogP contribution in [0.5, 0.6) is 0 Å². The molecule has 1 aliphatic rings. The molecule has 2 rings (SSSR count). The highest BCUT2D eigenvalue weighted by Crippen LogP contribution is 2.15. The van der Waals surface area contributed by atoms with Crippen molar-refractivity contribution in [2.24, 2.45) is 4.99 Å². The van der Waals surface area contributed by atoms with Crippen LogP contribution >= 0.6 is 11.3 Å². The van der Waals surface area contributed by atoms with Crippen LogP contribution in [0, 0.1) is 0 Å². The Morgan fingerprint density at radius 3 is 2.76 bits per heavy atom. The zero-order valence-corrected chi connectivity index (χ0v) is 16.6. The lowest BCUT2D eigenvalue weighted by molar-refractivity contribution is 0.00701. The van der Waals surface area contributed by atoms with E-state index >= 15 is 0 Å². The molecule has 7 nitrogen and oxygen atoms in total. The molecule has 0 atom stereocenters. The highest BCUT2D eigenvalue weighted by Gasteiger charge is 2.34. The van der Waals surface area contributed by atoms with E-state index in [1.54, 1.807) is 23.3 Å². The Hall–Kier alpha value is -1.83. The largest absolute Gasteiger partial charge is 0.444 e. The monoisotopic (exact) mass is 367 g/mol. The Balaban J connectivity index is 1.67. The maximum atomic E-state index is 11.9. The van der Waals surface area contributed by atoms with Crippen molar-refractivity contribution in [3.05, 3.63) is 16.1 Å². The highest BCUT2D eigenvalue weighted by atomic mass is 32.1. The number of thiazole rings is 1. The van der Waals surface area contributed by atoms with Crippen LogP contribution in [0.1, 0.15) is 37.6 Å². The number of amides is 1. The van der Waals surface area contributed by atoms with Gasteiger partial charge in [-0.3, -0.25) is 4.99 Å². The number of hydrogen-bond acceptors (Lipinski definition) is 5. The van der Waals surface area contributed by atoms with Crippen LogP contribution in [0.15, 0.2) is 11.2 Å². The summed E-state index contributed by atoms with van der Waals surface area (Å²) in [6.07, 6.45) is 3.60. The molecule has 1 aromatic heterocycles. The van der Waals surface area contributed by atoms with Gasteiger partial charge in [-0.25, -0.2) is 9.78 Å². The van der Waals surface area contributed by atoms with Gasteiger partial charge in [0.2, 0.25) is 0 Å². The van der Waals surface area contributed by atoms with E-state index in [-0.39, 0.29) is 12.1 Å². The lowest BCUT2D eigenvalue weighted by atomic mass is 10.1. The molecule has 0 spiro atoms. The number of guanidine groups is 1. The van der Waals surface area contributed by atoms with Crippen LogP contribution in [0.25, 0.3) is 0 Å². The summed E-state index contributed by atoms with van der Waals surface area (Å²) in [7, 11) is 1.75. The van der Waals surface area contributed by atoms with Crippen LogP contribution in [0.3, 0.4) is 0 Å². The summed E-state index contributed by atoms with van der Waals surface area (Å²) in [5, 5.41) is 7.76. The summed E-state index contributed by atoms with van der Waals surface area (Å²) in [5.74, 6) is 0.751. The number of aryl methyl sites for hydroxylation is 1. The van der Waals surface area contributed by atoms with Gasteiger partial charge in [0.1, 0.15) is 5.60 Å². The SMILES string of the molecule is CCc1cnc(CCNC(=NC)NC2CN(C(=O)OC(C)(C)C)C2)s1. The molecule has 1 saturated heterocycles. The number of aliphatic imine (C=N–C) groups is 1. The molecule has 2 N–H and O–H groups in total. The van der Waals surface area contributed by atoms with Crippen molar-refractivity contribution in [1.29, 1.82) is 0 Å². The molecule has 0 aliphatic carbocycles. The van der Waals surface area contributed by atoms with Gasteiger partial charge in [-0.05, 0) is 27.2 Å². The molecular weight excluding hydrogens is 338 g/mol. The van der Waals surface area contributed by atoms with Crippen molar-refractivity contribution in [3.8, 4) is 0 Å². The summed E-state index contributed by atoms with van der Waals surface area (Å²) in [5.41, 5.74) is -0.458. The average Bonchev–Trinajstić information content (AvgIpc) is 2.94. The lowest BCUT2D eigenvalue weighted by Gasteiger charge is -2.40. The number of nitrogens with one attached hydrogen (secondary N) is 2. The van der Waals surface area contributed by atoms with Gasteiger partial charge in [-0.1, -0.05) is 6.92 Å². The molecule has 140 valence electrons. The maximum absolute atomic E-state index is 11.9. The van der Waals surface area contributed by atoms with Gasteiger partial charge in [0.15, 0.2) is 5.96 Å². The Bertz CT molecular complexity index is 602. The Labute approximate surface area is 153 Å². The third-order valence-corrected chi connectivity index (χ3v) is 4.88. The smallest absolute Gasteiger partial charge is 0.410 e. The van der Waals surface area contributed by atoms with E-state index in [9.17, 15) is 4.79 Å². The second-order valence-corrected chi connectivity index (χ2v) is 8.25. The van der Waals surface area contributed by atoms with E-state index in [1.807, 2.05) is 27.0 Å². The second kappa shape index (κ2) is 8.51. The molecule has 1 aliphatic heterocycles. The molecule has 0 aromatic carbocycles. The number of nitrogens with zero attached hydrogens (tertiary/aromatic N) is 3. The second-order valence-electron chi connectivity index (χ2n) is 7.05. The third-order valence-electron chi connectivity index (χ3n) is 3.68. The van der Waals surface area contributed by atoms with Crippen molar-refractivity contribution >= 4 is 23.4 Å². The van der Waals surface area contributed by atoms with Gasteiger partial charge < -0.3 is 20.3 Å². The first kappa shape index (κ1) is 19.5. The Morgan fingerprint density at radius 1 is 1.48 bits per heavy atom. The third kappa shape index (κ3) is 6.19. The minimum absolute atomic E-state index is 0.199. The number of ether oxygens (including phenoxy) is 1. The molecule has 2 heterocycles. The van der Waals surface area contributed by atoms with E-state index < -0.39 is 5.60 Å². The van der Waals surface area contributed by atoms with Crippen molar-refractivity contribution in [2.75, 3.05) is 26.7 Å². The topological polar surface area (TPSA) is 78.9 Å². The molecule has 0 radical (unpaired) electrons. The van der Waals surface area contributed by atoms with Crippen LogP contribution in [0.2, 0.25) is 0 Å². The van der Waals surface area contributed by atoms with Crippen LogP contribution in [0.4, 0.5) is 4.79 Å². The van der Waals surface area contributed by atoms with E-state index in [2.05, 4.69) is 27.5 Å². The molecule has 0 saturated carbocycles. The van der Waals surface area contributed by atoms with Gasteiger partial charge in [-0.15, -0.1) is 11.3 Å². The molecule has 0 unspecified atom stereocenters. The van der Waals surface area contributed by atoms with Crippen molar-refractivity contribution in [1.82, 2.24) is 20.5 Å². The zero-order valence-electron chi connectivity index (χ0n) is 15.8. The van der Waals surface area contributed by atoms with E-state index in [0.29, 0.717) is 13.1 Å². The summed E-state index contributed by atoms with van der Waals surface area (Å²) in [6, 6.07) is 0.199. The summed E-state index contributed by atoms with van der Waals surface area (Å²) < 4.78 is 5.35. The molecule has 1 aromatic rings. The summed E-state index contributed by atoms with van der Waals surface area (Å²) in [4.78, 5) is 23.6. The van der Waals surface area contributed by atoms with Crippen LogP contribution < -0.4 is 10.6 Å². The number of hydrogen-bond donors (Lipinski definition) is 2. The van der Waals surface area contributed by atoms with E-state index in [0.717, 1.165) is 30.4 Å². The van der Waals surface area contributed by atoms with Crippen molar-refractivity contribution < 1.29 is 9.53 Å². The first-order chi connectivity index (χ1) is 11.8. The van der Waals surface area contributed by atoms with Crippen molar-refractivity contribution in [3.63, 3.8) is 0 Å². The van der Waals surface area contributed by atoms with E-state index in [4.69, 9.17) is 4.74 Å². The fourth-order valence-corrected chi connectivity index (χ4v) is 3.21. The van der Waals surface area contributed by atoms with Gasteiger partial charge >= 0.3 is 6.09 Å². The number of rotatable bonds is 5. The number of likely N-dealkylation sites (tertiary alicyclic amines) is 1. The molecule has 0 bridgehead atoms. The average molecular weight is 368 g/mol. The zero-order chi connectivity index (χ0) is 18.4. The maximum Gasteiger partial charge on any atom is 0.410 e. The van der Waals surface area contributed by atoms with Crippen LogP contribution in [-0.4, -0.2) is 60.3 Å². The predicted molar refractivity (Wildman–Crippen MR) is 101 cm³/mol. The quantitative estimate of drug-likeness (QED) is 0.615.